The van der Waals surface area contributed by atoms with Crippen molar-refractivity contribution in [3.05, 3.63) is 11.1 Å². The summed E-state index contributed by atoms with van der Waals surface area (Å²) in [4.78, 5) is 20.6. The van der Waals surface area contributed by atoms with Crippen molar-refractivity contribution in [1.29, 1.82) is 0 Å². The Morgan fingerprint density at radius 2 is 2.40 bits per heavy atom. The monoisotopic (exact) mass is 297 g/mol. The summed E-state index contributed by atoms with van der Waals surface area (Å²) in [6.45, 7) is 4.31. The molecule has 0 radical (unpaired) electrons. The van der Waals surface area contributed by atoms with E-state index in [0.717, 1.165) is 23.9 Å². The van der Waals surface area contributed by atoms with E-state index in [2.05, 4.69) is 28.9 Å². The second-order valence-electron chi connectivity index (χ2n) is 5.31. The molecule has 1 unspecified atom stereocenters. The van der Waals surface area contributed by atoms with Gasteiger partial charge in [0.1, 0.15) is 0 Å². The number of nitrogens with zero attached hydrogens (tertiary/aromatic N) is 3. The molecule has 20 heavy (non-hydrogen) atoms. The van der Waals surface area contributed by atoms with E-state index in [1.165, 1.54) is 12.8 Å². The Balaban J connectivity index is 1.96. The zero-order valence-corrected chi connectivity index (χ0v) is 13.3. The van der Waals surface area contributed by atoms with E-state index in [4.69, 9.17) is 4.74 Å². The van der Waals surface area contributed by atoms with Gasteiger partial charge in [-0.3, -0.25) is 4.79 Å². The fraction of sp³-hybridized carbons (Fsp3) is 0.714. The smallest absolute Gasteiger partial charge is 0.311 e. The van der Waals surface area contributed by atoms with Gasteiger partial charge in [0, 0.05) is 24.5 Å². The van der Waals surface area contributed by atoms with Crippen molar-refractivity contribution >= 4 is 22.4 Å². The van der Waals surface area contributed by atoms with Crippen molar-refractivity contribution < 1.29 is 9.53 Å². The lowest BCUT2D eigenvalue weighted by molar-refractivity contribution is -0.142. The van der Waals surface area contributed by atoms with Gasteiger partial charge in [-0.15, -0.1) is 11.3 Å². The van der Waals surface area contributed by atoms with Crippen molar-refractivity contribution in [2.75, 3.05) is 38.7 Å². The van der Waals surface area contributed by atoms with E-state index in [1.807, 2.05) is 12.3 Å². The van der Waals surface area contributed by atoms with Gasteiger partial charge in [-0.2, -0.15) is 0 Å². The maximum absolute atomic E-state index is 11.5. The first-order valence-corrected chi connectivity index (χ1v) is 7.99. The number of carbonyl (C=O) groups excluding carboxylic acids is 1. The normalized spacial score (nSPS) is 19.4. The maximum Gasteiger partial charge on any atom is 0.311 e. The Morgan fingerprint density at radius 1 is 1.60 bits per heavy atom. The van der Waals surface area contributed by atoms with Gasteiger partial charge in [0.15, 0.2) is 5.13 Å². The van der Waals surface area contributed by atoms with Crippen LogP contribution in [0.5, 0.6) is 0 Å². The lowest BCUT2D eigenvalue weighted by atomic mass is 10.1. The number of piperidine rings is 1. The second-order valence-corrected chi connectivity index (χ2v) is 6.15. The number of esters is 1. The van der Waals surface area contributed by atoms with Crippen LogP contribution < -0.4 is 4.90 Å². The molecule has 1 atom stereocenters. The molecule has 1 aromatic heterocycles. The predicted octanol–water partition coefficient (Wildman–Crippen LogP) is 1.78. The first-order chi connectivity index (χ1) is 9.60. The predicted molar refractivity (Wildman–Crippen MR) is 81.4 cm³/mol. The van der Waals surface area contributed by atoms with Crippen LogP contribution >= 0.6 is 11.3 Å². The molecule has 0 N–H and O–H groups in total. The zero-order chi connectivity index (χ0) is 14.5. The average Bonchev–Trinajstić information content (AvgIpc) is 2.87. The number of carbonyl (C=O) groups is 1. The molecular weight excluding hydrogens is 274 g/mol. The molecule has 112 valence electrons. The molecule has 0 amide bonds. The summed E-state index contributed by atoms with van der Waals surface area (Å²) in [6, 6.07) is 0.584. The van der Waals surface area contributed by atoms with E-state index in [0.29, 0.717) is 12.6 Å². The molecule has 0 saturated carbocycles. The number of aromatic nitrogens is 1. The minimum absolute atomic E-state index is 0.200. The van der Waals surface area contributed by atoms with Crippen molar-refractivity contribution in [3.63, 3.8) is 0 Å². The van der Waals surface area contributed by atoms with Gasteiger partial charge in [0.05, 0.1) is 18.7 Å². The van der Waals surface area contributed by atoms with Crippen LogP contribution in [0, 0.1) is 0 Å². The van der Waals surface area contributed by atoms with E-state index >= 15 is 0 Å². The van der Waals surface area contributed by atoms with E-state index in [1.54, 1.807) is 11.3 Å². The topological polar surface area (TPSA) is 45.7 Å². The highest BCUT2D eigenvalue weighted by Crippen LogP contribution is 2.25. The summed E-state index contributed by atoms with van der Waals surface area (Å²) < 4.78 is 4.95. The molecule has 0 spiro atoms. The number of hydrogen-bond donors (Lipinski definition) is 0. The van der Waals surface area contributed by atoms with Gasteiger partial charge in [-0.25, -0.2) is 4.98 Å². The summed E-state index contributed by atoms with van der Waals surface area (Å²) in [7, 11) is 4.25. The van der Waals surface area contributed by atoms with Gasteiger partial charge in [0.2, 0.25) is 0 Å². The van der Waals surface area contributed by atoms with Crippen LogP contribution in [0.4, 0.5) is 5.13 Å². The lowest BCUT2D eigenvalue weighted by Crippen LogP contribution is -2.45. The number of ether oxygens (including phenoxy) is 1. The minimum Gasteiger partial charge on any atom is -0.466 e. The maximum atomic E-state index is 11.5. The zero-order valence-electron chi connectivity index (χ0n) is 12.5. The first kappa shape index (κ1) is 15.3. The molecule has 1 saturated heterocycles. The minimum atomic E-state index is -0.200. The molecule has 0 bridgehead atoms. The molecule has 6 heteroatoms. The molecule has 1 aromatic rings. The highest BCUT2D eigenvalue weighted by Gasteiger charge is 2.23. The summed E-state index contributed by atoms with van der Waals surface area (Å²) in [5.41, 5.74) is 0.815. The van der Waals surface area contributed by atoms with Crippen molar-refractivity contribution in [3.8, 4) is 0 Å². The van der Waals surface area contributed by atoms with Crippen LogP contribution in [-0.4, -0.2) is 55.7 Å². The number of hydrogen-bond acceptors (Lipinski definition) is 6. The molecule has 2 rings (SSSR count). The molecule has 5 nitrogen and oxygen atoms in total. The first-order valence-electron chi connectivity index (χ1n) is 7.11. The fourth-order valence-electron chi connectivity index (χ4n) is 2.43. The largest absolute Gasteiger partial charge is 0.466 e. The third-order valence-electron chi connectivity index (χ3n) is 3.57. The fourth-order valence-corrected chi connectivity index (χ4v) is 3.29. The Bertz CT molecular complexity index is 447. The van der Waals surface area contributed by atoms with Crippen LogP contribution in [0.25, 0.3) is 0 Å². The van der Waals surface area contributed by atoms with Crippen LogP contribution in [-0.2, 0) is 16.0 Å². The molecule has 1 fully saturated rings. The number of likely N-dealkylation sites (N-methyl/N-ethyl adjacent to an activating group) is 1. The van der Waals surface area contributed by atoms with Gasteiger partial charge < -0.3 is 14.5 Å². The SMILES string of the molecule is CCOC(=O)Cc1csc(N2CCCC(N(C)C)C2)n1. The van der Waals surface area contributed by atoms with Gasteiger partial charge in [0.25, 0.3) is 0 Å². The molecule has 1 aliphatic heterocycles. The Kier molecular flexibility index (Phi) is 5.37. The Labute approximate surface area is 124 Å². The molecular formula is C14H23N3O2S. The van der Waals surface area contributed by atoms with E-state index in [-0.39, 0.29) is 12.4 Å². The summed E-state index contributed by atoms with van der Waals surface area (Å²) in [5.74, 6) is -0.200. The van der Waals surface area contributed by atoms with E-state index in [9.17, 15) is 4.79 Å². The highest BCUT2D eigenvalue weighted by atomic mass is 32.1. The summed E-state index contributed by atoms with van der Waals surface area (Å²) in [6.07, 6.45) is 2.70. The van der Waals surface area contributed by atoms with Crippen molar-refractivity contribution in [2.24, 2.45) is 0 Å². The summed E-state index contributed by atoms with van der Waals surface area (Å²) >= 11 is 1.62. The third kappa shape index (κ3) is 3.93. The average molecular weight is 297 g/mol. The summed E-state index contributed by atoms with van der Waals surface area (Å²) in [5, 5.41) is 2.99. The Hall–Kier alpha value is -1.14. The Morgan fingerprint density at radius 3 is 3.10 bits per heavy atom. The van der Waals surface area contributed by atoms with Crippen LogP contribution in [0.2, 0.25) is 0 Å². The van der Waals surface area contributed by atoms with Crippen LogP contribution in [0.1, 0.15) is 25.5 Å². The molecule has 1 aliphatic rings. The van der Waals surface area contributed by atoms with Gasteiger partial charge in [-0.1, -0.05) is 0 Å². The second kappa shape index (κ2) is 7.04. The number of anilines is 1. The number of rotatable bonds is 5. The van der Waals surface area contributed by atoms with Gasteiger partial charge in [-0.05, 0) is 33.9 Å². The van der Waals surface area contributed by atoms with Crippen molar-refractivity contribution in [1.82, 2.24) is 9.88 Å². The quantitative estimate of drug-likeness (QED) is 0.775. The molecule has 0 aromatic carbocycles. The van der Waals surface area contributed by atoms with Gasteiger partial charge >= 0.3 is 5.97 Å². The standard InChI is InChI=1S/C14H23N3O2S/c1-4-19-13(18)8-11-10-20-14(15-11)17-7-5-6-12(9-17)16(2)3/h10,12H,4-9H2,1-3H3. The van der Waals surface area contributed by atoms with Crippen LogP contribution in [0.3, 0.4) is 0 Å². The van der Waals surface area contributed by atoms with Crippen LogP contribution in [0.15, 0.2) is 5.38 Å². The van der Waals surface area contributed by atoms with E-state index < -0.39 is 0 Å². The van der Waals surface area contributed by atoms with Crippen molar-refractivity contribution in [2.45, 2.75) is 32.2 Å². The molecule has 0 aliphatic carbocycles. The molecule has 2 heterocycles. The third-order valence-corrected chi connectivity index (χ3v) is 4.52. The lowest BCUT2D eigenvalue weighted by Gasteiger charge is -2.35. The highest BCUT2D eigenvalue weighted by molar-refractivity contribution is 7.13. The number of thiazole rings is 1.